The fourth-order valence-electron chi connectivity index (χ4n) is 3.07. The molecular weight excluding hydrogens is 336 g/mol. The number of amides is 2. The molecular formula is C18H20N4O4. The molecule has 1 aliphatic heterocycles. The number of fused-ring (bicyclic) bond motifs is 1. The van der Waals surface area contributed by atoms with Gasteiger partial charge in [0.15, 0.2) is 5.69 Å². The third-order valence-electron chi connectivity index (χ3n) is 4.39. The van der Waals surface area contributed by atoms with Crippen LogP contribution < -0.4 is 5.32 Å². The highest BCUT2D eigenvalue weighted by molar-refractivity contribution is 6.04. The Hall–Kier alpha value is -3.16. The average Bonchev–Trinajstić information content (AvgIpc) is 2.97. The molecule has 2 heterocycles. The number of carboxylic acids is 1. The van der Waals surface area contributed by atoms with Gasteiger partial charge in [-0.2, -0.15) is 5.10 Å². The van der Waals surface area contributed by atoms with Gasteiger partial charge in [0.2, 0.25) is 5.91 Å². The molecule has 1 aliphatic rings. The fourth-order valence-corrected chi connectivity index (χ4v) is 3.07. The third kappa shape index (κ3) is 3.74. The lowest BCUT2D eigenvalue weighted by Gasteiger charge is -2.27. The number of benzene rings is 1. The first-order chi connectivity index (χ1) is 12.5. The third-order valence-corrected chi connectivity index (χ3v) is 4.39. The van der Waals surface area contributed by atoms with Crippen LogP contribution in [0.3, 0.4) is 0 Å². The van der Waals surface area contributed by atoms with E-state index in [1.54, 1.807) is 28.8 Å². The van der Waals surface area contributed by atoms with Crippen LogP contribution in [0, 0.1) is 0 Å². The number of carboxylic acid groups (broad SMARTS) is 1. The maximum atomic E-state index is 12.6. The lowest BCUT2D eigenvalue weighted by atomic mass is 10.0. The zero-order chi connectivity index (χ0) is 18.7. The van der Waals surface area contributed by atoms with Gasteiger partial charge in [0.05, 0.1) is 6.42 Å². The van der Waals surface area contributed by atoms with Crippen molar-refractivity contribution in [3.8, 4) is 0 Å². The second kappa shape index (κ2) is 7.38. The summed E-state index contributed by atoms with van der Waals surface area (Å²) >= 11 is 0. The van der Waals surface area contributed by atoms with Crippen LogP contribution >= 0.6 is 0 Å². The lowest BCUT2D eigenvalue weighted by molar-refractivity contribution is -0.141. The molecule has 0 atom stereocenters. The van der Waals surface area contributed by atoms with E-state index in [9.17, 15) is 14.4 Å². The van der Waals surface area contributed by atoms with Crippen LogP contribution in [-0.4, -0.2) is 44.1 Å². The fraction of sp³-hybridized carbons (Fsp3) is 0.333. The number of hydrogen-bond donors (Lipinski definition) is 2. The standard InChI is InChI=1S/C18H20N4O4/c1-21-14-9-10-22(15(23)7-8-16(24)25)11-13(14)17(20-21)18(26)19-12-5-3-2-4-6-12/h2-6H,7-11H2,1H3,(H,19,26)(H,24,25). The highest BCUT2D eigenvalue weighted by atomic mass is 16.4. The normalized spacial score (nSPS) is 13.2. The smallest absolute Gasteiger partial charge is 0.303 e. The average molecular weight is 356 g/mol. The minimum absolute atomic E-state index is 0.0452. The number of aliphatic carboxylic acids is 1. The van der Waals surface area contributed by atoms with Gasteiger partial charge in [0.25, 0.3) is 5.91 Å². The van der Waals surface area contributed by atoms with E-state index in [1.807, 2.05) is 18.2 Å². The number of nitrogens with one attached hydrogen (secondary N) is 1. The molecule has 0 aliphatic carbocycles. The van der Waals surface area contributed by atoms with E-state index < -0.39 is 5.97 Å². The molecule has 0 saturated heterocycles. The van der Waals surface area contributed by atoms with E-state index in [1.165, 1.54) is 0 Å². The summed E-state index contributed by atoms with van der Waals surface area (Å²) in [6, 6.07) is 9.08. The summed E-state index contributed by atoms with van der Waals surface area (Å²) in [6.07, 6.45) is 0.337. The molecule has 8 heteroatoms. The van der Waals surface area contributed by atoms with Crippen LogP contribution in [0.4, 0.5) is 5.69 Å². The summed E-state index contributed by atoms with van der Waals surface area (Å²) < 4.78 is 1.67. The molecule has 0 radical (unpaired) electrons. The van der Waals surface area contributed by atoms with Crippen LogP contribution in [0.5, 0.6) is 0 Å². The number of nitrogens with zero attached hydrogens (tertiary/aromatic N) is 3. The molecule has 1 aromatic carbocycles. The topological polar surface area (TPSA) is 105 Å². The maximum absolute atomic E-state index is 12.6. The summed E-state index contributed by atoms with van der Waals surface area (Å²) in [5, 5.41) is 15.9. The minimum atomic E-state index is -1.000. The van der Waals surface area contributed by atoms with Crippen molar-refractivity contribution in [2.45, 2.75) is 25.8 Å². The maximum Gasteiger partial charge on any atom is 0.303 e. The first-order valence-corrected chi connectivity index (χ1v) is 8.36. The van der Waals surface area contributed by atoms with Crippen molar-refractivity contribution in [2.75, 3.05) is 11.9 Å². The van der Waals surface area contributed by atoms with Crippen molar-refractivity contribution in [1.82, 2.24) is 14.7 Å². The SMILES string of the molecule is Cn1nc(C(=O)Nc2ccccc2)c2c1CCN(C(=O)CCC(=O)O)C2. The van der Waals surface area contributed by atoms with Crippen molar-refractivity contribution < 1.29 is 19.5 Å². The van der Waals surface area contributed by atoms with Gasteiger partial charge in [-0.25, -0.2) is 0 Å². The Morgan fingerprint density at radius 1 is 1.19 bits per heavy atom. The number of carbonyl (C=O) groups is 3. The Kier molecular flexibility index (Phi) is 5.01. The molecule has 26 heavy (non-hydrogen) atoms. The monoisotopic (exact) mass is 356 g/mol. The zero-order valence-corrected chi connectivity index (χ0v) is 14.4. The molecule has 2 N–H and O–H groups in total. The summed E-state index contributed by atoms with van der Waals surface area (Å²) in [7, 11) is 1.78. The number of hydrogen-bond acceptors (Lipinski definition) is 4. The Morgan fingerprint density at radius 2 is 1.92 bits per heavy atom. The number of rotatable bonds is 5. The predicted octanol–water partition coefficient (Wildman–Crippen LogP) is 1.42. The largest absolute Gasteiger partial charge is 0.481 e. The number of carbonyl (C=O) groups excluding carboxylic acids is 2. The van der Waals surface area contributed by atoms with Crippen LogP contribution in [0.2, 0.25) is 0 Å². The molecule has 2 amide bonds. The summed E-state index contributed by atoms with van der Waals surface area (Å²) in [5.74, 6) is -1.55. The van der Waals surface area contributed by atoms with Gasteiger partial charge in [0, 0.05) is 49.9 Å². The molecule has 1 aromatic heterocycles. The van der Waals surface area contributed by atoms with Crippen molar-refractivity contribution >= 4 is 23.5 Å². The lowest BCUT2D eigenvalue weighted by Crippen LogP contribution is -2.37. The summed E-state index contributed by atoms with van der Waals surface area (Å²) in [5.41, 5.74) is 2.60. The molecule has 136 valence electrons. The minimum Gasteiger partial charge on any atom is -0.481 e. The van der Waals surface area contributed by atoms with E-state index >= 15 is 0 Å². The molecule has 0 bridgehead atoms. The molecule has 3 rings (SSSR count). The van der Waals surface area contributed by atoms with Gasteiger partial charge in [-0.3, -0.25) is 19.1 Å². The van der Waals surface area contributed by atoms with Gasteiger partial charge in [-0.15, -0.1) is 0 Å². The predicted molar refractivity (Wildman–Crippen MR) is 93.6 cm³/mol. The Bertz CT molecular complexity index is 844. The number of aryl methyl sites for hydroxylation is 1. The van der Waals surface area contributed by atoms with Crippen LogP contribution in [-0.2, 0) is 29.6 Å². The Morgan fingerprint density at radius 3 is 2.62 bits per heavy atom. The van der Waals surface area contributed by atoms with E-state index in [2.05, 4.69) is 10.4 Å². The first kappa shape index (κ1) is 17.7. The van der Waals surface area contributed by atoms with Crippen LogP contribution in [0.1, 0.15) is 34.6 Å². The van der Waals surface area contributed by atoms with Gasteiger partial charge in [-0.1, -0.05) is 18.2 Å². The molecule has 0 unspecified atom stereocenters. The number of para-hydroxylation sites is 1. The van der Waals surface area contributed by atoms with Gasteiger partial charge in [0.1, 0.15) is 0 Å². The number of anilines is 1. The second-order valence-electron chi connectivity index (χ2n) is 6.18. The van der Waals surface area contributed by atoms with Crippen molar-refractivity contribution in [3.63, 3.8) is 0 Å². The van der Waals surface area contributed by atoms with Crippen molar-refractivity contribution in [2.24, 2.45) is 7.05 Å². The second-order valence-corrected chi connectivity index (χ2v) is 6.18. The van der Waals surface area contributed by atoms with E-state index in [0.717, 1.165) is 11.3 Å². The van der Waals surface area contributed by atoms with E-state index in [-0.39, 0.29) is 31.2 Å². The van der Waals surface area contributed by atoms with Gasteiger partial charge < -0.3 is 15.3 Å². The number of aromatic nitrogens is 2. The first-order valence-electron chi connectivity index (χ1n) is 8.36. The quantitative estimate of drug-likeness (QED) is 0.843. The summed E-state index contributed by atoms with van der Waals surface area (Å²) in [4.78, 5) is 37.1. The van der Waals surface area contributed by atoms with Crippen molar-refractivity contribution in [1.29, 1.82) is 0 Å². The highest BCUT2D eigenvalue weighted by Crippen LogP contribution is 2.23. The van der Waals surface area contributed by atoms with E-state index in [4.69, 9.17) is 5.11 Å². The molecule has 2 aromatic rings. The zero-order valence-electron chi connectivity index (χ0n) is 14.4. The van der Waals surface area contributed by atoms with Crippen LogP contribution in [0.15, 0.2) is 30.3 Å². The van der Waals surface area contributed by atoms with Crippen molar-refractivity contribution in [3.05, 3.63) is 47.3 Å². The van der Waals surface area contributed by atoms with Crippen LogP contribution in [0.25, 0.3) is 0 Å². The molecule has 0 fully saturated rings. The summed E-state index contributed by atoms with van der Waals surface area (Å²) in [6.45, 7) is 0.754. The highest BCUT2D eigenvalue weighted by Gasteiger charge is 2.29. The Balaban J connectivity index is 1.77. The molecule has 8 nitrogen and oxygen atoms in total. The molecule has 0 saturated carbocycles. The molecule has 0 spiro atoms. The van der Waals surface area contributed by atoms with E-state index in [0.29, 0.717) is 24.3 Å². The Labute approximate surface area is 150 Å². The van der Waals surface area contributed by atoms with Gasteiger partial charge in [-0.05, 0) is 12.1 Å². The van der Waals surface area contributed by atoms with Gasteiger partial charge >= 0.3 is 5.97 Å².